The van der Waals surface area contributed by atoms with Crippen LogP contribution in [0.5, 0.6) is 0 Å². The molecule has 2 fully saturated rings. The van der Waals surface area contributed by atoms with Gasteiger partial charge in [0, 0.05) is 12.1 Å². The van der Waals surface area contributed by atoms with Crippen LogP contribution in [0.15, 0.2) is 0 Å². The van der Waals surface area contributed by atoms with Crippen molar-refractivity contribution in [1.82, 2.24) is 10.0 Å². The van der Waals surface area contributed by atoms with Gasteiger partial charge in [-0.2, -0.15) is 0 Å². The Labute approximate surface area is 111 Å². The van der Waals surface area contributed by atoms with Gasteiger partial charge in [0.15, 0.2) is 0 Å². The van der Waals surface area contributed by atoms with E-state index in [1.807, 2.05) is 6.92 Å². The number of sulfonamides is 1. The highest BCUT2D eigenvalue weighted by molar-refractivity contribution is 7.89. The van der Waals surface area contributed by atoms with E-state index in [1.54, 1.807) is 0 Å². The third-order valence-corrected chi connectivity index (χ3v) is 5.20. The van der Waals surface area contributed by atoms with E-state index in [1.165, 1.54) is 25.7 Å². The lowest BCUT2D eigenvalue weighted by molar-refractivity contribution is 0.526. The lowest BCUT2D eigenvalue weighted by atomic mass is 10.2. The second kappa shape index (κ2) is 6.35. The minimum atomic E-state index is -3.06. The zero-order valence-electron chi connectivity index (χ0n) is 11.3. The van der Waals surface area contributed by atoms with Crippen LogP contribution in [0.3, 0.4) is 0 Å². The minimum absolute atomic E-state index is 0.104. The quantitative estimate of drug-likeness (QED) is 0.595. The van der Waals surface area contributed by atoms with Gasteiger partial charge in [-0.3, -0.25) is 0 Å². The van der Waals surface area contributed by atoms with Crippen LogP contribution < -0.4 is 10.0 Å². The molecule has 0 aromatic rings. The second-order valence-electron chi connectivity index (χ2n) is 5.95. The summed E-state index contributed by atoms with van der Waals surface area (Å²) in [6, 6.07) is 0.824. The molecule has 0 aliphatic heterocycles. The highest BCUT2D eigenvalue weighted by Crippen LogP contribution is 2.33. The average Bonchev–Trinajstić information content (AvgIpc) is 3.09. The first-order valence-corrected chi connectivity index (χ1v) is 8.94. The molecule has 0 bridgehead atoms. The molecule has 5 heteroatoms. The number of rotatable bonds is 10. The Bertz CT molecular complexity index is 348. The Hall–Kier alpha value is -0.130. The van der Waals surface area contributed by atoms with Crippen LogP contribution in [0.4, 0.5) is 0 Å². The van der Waals surface area contributed by atoms with Crippen LogP contribution in [0, 0.1) is 5.92 Å². The number of nitrogens with one attached hydrogen (secondary N) is 2. The van der Waals surface area contributed by atoms with Crippen LogP contribution in [0.1, 0.15) is 51.9 Å². The standard InChI is InChI=1S/C13H26N2O2S/c1-11(10-12-4-5-12)15-18(16,17)9-3-2-8-14-13-6-7-13/h11-15H,2-10H2,1H3. The monoisotopic (exact) mass is 274 g/mol. The number of unbranched alkanes of at least 4 members (excludes halogenated alkanes) is 1. The smallest absolute Gasteiger partial charge is 0.211 e. The van der Waals surface area contributed by atoms with Crippen molar-refractivity contribution in [3.8, 4) is 0 Å². The molecule has 0 spiro atoms. The molecule has 2 aliphatic rings. The van der Waals surface area contributed by atoms with E-state index in [9.17, 15) is 8.42 Å². The van der Waals surface area contributed by atoms with E-state index >= 15 is 0 Å². The van der Waals surface area contributed by atoms with Gasteiger partial charge in [0.25, 0.3) is 0 Å². The van der Waals surface area contributed by atoms with Gasteiger partial charge in [-0.1, -0.05) is 12.8 Å². The first-order valence-electron chi connectivity index (χ1n) is 7.28. The van der Waals surface area contributed by atoms with Gasteiger partial charge in [-0.15, -0.1) is 0 Å². The fourth-order valence-electron chi connectivity index (χ4n) is 2.28. The molecule has 0 heterocycles. The molecule has 1 unspecified atom stereocenters. The SMILES string of the molecule is CC(CC1CC1)NS(=O)(=O)CCCCNC1CC1. The number of hydrogen-bond donors (Lipinski definition) is 2. The number of hydrogen-bond acceptors (Lipinski definition) is 3. The average molecular weight is 274 g/mol. The van der Waals surface area contributed by atoms with Crippen LogP contribution in [-0.2, 0) is 10.0 Å². The minimum Gasteiger partial charge on any atom is -0.314 e. The largest absolute Gasteiger partial charge is 0.314 e. The van der Waals surface area contributed by atoms with Crippen molar-refractivity contribution in [2.75, 3.05) is 12.3 Å². The van der Waals surface area contributed by atoms with Gasteiger partial charge < -0.3 is 5.32 Å². The maximum absolute atomic E-state index is 11.8. The third kappa shape index (κ3) is 6.16. The molecule has 1 atom stereocenters. The van der Waals surface area contributed by atoms with Crippen molar-refractivity contribution in [2.24, 2.45) is 5.92 Å². The Morgan fingerprint density at radius 1 is 1.17 bits per heavy atom. The topological polar surface area (TPSA) is 58.2 Å². The van der Waals surface area contributed by atoms with Crippen molar-refractivity contribution in [3.05, 3.63) is 0 Å². The van der Waals surface area contributed by atoms with Crippen molar-refractivity contribution in [2.45, 2.75) is 64.0 Å². The highest BCUT2D eigenvalue weighted by atomic mass is 32.2. The van der Waals surface area contributed by atoms with Crippen molar-refractivity contribution < 1.29 is 8.42 Å². The first-order chi connectivity index (χ1) is 8.55. The van der Waals surface area contributed by atoms with E-state index in [-0.39, 0.29) is 11.8 Å². The van der Waals surface area contributed by atoms with Gasteiger partial charge in [0.1, 0.15) is 0 Å². The zero-order valence-corrected chi connectivity index (χ0v) is 12.1. The van der Waals surface area contributed by atoms with Crippen LogP contribution in [0.25, 0.3) is 0 Å². The molecule has 2 aliphatic carbocycles. The van der Waals surface area contributed by atoms with Crippen LogP contribution >= 0.6 is 0 Å². The Morgan fingerprint density at radius 2 is 1.89 bits per heavy atom. The Balaban J connectivity index is 1.53. The van der Waals surface area contributed by atoms with E-state index in [2.05, 4.69) is 10.0 Å². The summed E-state index contributed by atoms with van der Waals surface area (Å²) in [5.41, 5.74) is 0. The van der Waals surface area contributed by atoms with Crippen molar-refractivity contribution in [3.63, 3.8) is 0 Å². The summed E-state index contributed by atoms with van der Waals surface area (Å²) in [5.74, 6) is 1.04. The molecule has 0 aromatic carbocycles. The van der Waals surface area contributed by atoms with Gasteiger partial charge in [0.2, 0.25) is 10.0 Å². The summed E-state index contributed by atoms with van der Waals surface area (Å²) in [6.45, 7) is 2.93. The molecule has 0 saturated heterocycles. The molecule has 2 rings (SSSR count). The summed E-state index contributed by atoms with van der Waals surface area (Å²) in [6.07, 6.45) is 7.84. The molecule has 0 amide bonds. The molecule has 0 radical (unpaired) electrons. The summed E-state index contributed by atoms with van der Waals surface area (Å²) >= 11 is 0. The fraction of sp³-hybridized carbons (Fsp3) is 1.00. The molecule has 106 valence electrons. The zero-order chi connectivity index (χ0) is 13.0. The second-order valence-corrected chi connectivity index (χ2v) is 7.83. The molecule has 2 saturated carbocycles. The summed E-state index contributed by atoms with van der Waals surface area (Å²) in [4.78, 5) is 0. The normalized spacial score (nSPS) is 22.1. The molecule has 18 heavy (non-hydrogen) atoms. The highest BCUT2D eigenvalue weighted by Gasteiger charge is 2.25. The Kier molecular flexibility index (Phi) is 5.04. The van der Waals surface area contributed by atoms with E-state index in [0.717, 1.165) is 37.8 Å². The van der Waals surface area contributed by atoms with E-state index in [0.29, 0.717) is 0 Å². The molecular formula is C13H26N2O2S. The summed E-state index contributed by atoms with van der Waals surface area (Å²) in [5, 5.41) is 3.40. The maximum Gasteiger partial charge on any atom is 0.211 e. The van der Waals surface area contributed by atoms with Crippen LogP contribution in [-0.4, -0.2) is 32.8 Å². The van der Waals surface area contributed by atoms with Gasteiger partial charge in [0.05, 0.1) is 5.75 Å². The molecular weight excluding hydrogens is 248 g/mol. The van der Waals surface area contributed by atoms with Crippen LogP contribution in [0.2, 0.25) is 0 Å². The van der Waals surface area contributed by atoms with Crippen molar-refractivity contribution in [1.29, 1.82) is 0 Å². The fourth-order valence-corrected chi connectivity index (χ4v) is 3.69. The predicted molar refractivity (Wildman–Crippen MR) is 74.0 cm³/mol. The molecule has 4 nitrogen and oxygen atoms in total. The predicted octanol–water partition coefficient (Wildman–Crippen LogP) is 1.63. The summed E-state index contributed by atoms with van der Waals surface area (Å²) < 4.78 is 26.4. The van der Waals surface area contributed by atoms with Crippen molar-refractivity contribution >= 4 is 10.0 Å². The van der Waals surface area contributed by atoms with Gasteiger partial charge >= 0.3 is 0 Å². The third-order valence-electron chi connectivity index (χ3n) is 3.61. The van der Waals surface area contributed by atoms with Gasteiger partial charge in [-0.25, -0.2) is 13.1 Å². The lowest BCUT2D eigenvalue weighted by Gasteiger charge is -2.13. The van der Waals surface area contributed by atoms with Gasteiger partial charge in [-0.05, 0) is 51.5 Å². The summed E-state index contributed by atoms with van der Waals surface area (Å²) in [7, 11) is -3.06. The first kappa shape index (κ1) is 14.3. The lowest BCUT2D eigenvalue weighted by Crippen LogP contribution is -2.34. The molecule has 2 N–H and O–H groups in total. The Morgan fingerprint density at radius 3 is 2.50 bits per heavy atom. The molecule has 0 aromatic heterocycles. The van der Waals surface area contributed by atoms with E-state index < -0.39 is 10.0 Å². The maximum atomic E-state index is 11.8. The van der Waals surface area contributed by atoms with E-state index in [4.69, 9.17) is 0 Å².